The summed E-state index contributed by atoms with van der Waals surface area (Å²) in [5.41, 5.74) is 7.65. The van der Waals surface area contributed by atoms with Gasteiger partial charge in [0, 0.05) is 30.9 Å². The highest BCUT2D eigenvalue weighted by atomic mass is 16.5. The smallest absolute Gasteiger partial charge is 0.144 e. The summed E-state index contributed by atoms with van der Waals surface area (Å²) in [4.78, 5) is 0. The molecule has 1 aliphatic heterocycles. The van der Waals surface area contributed by atoms with Gasteiger partial charge in [-0.3, -0.25) is 4.68 Å². The second-order valence-electron chi connectivity index (χ2n) is 8.49. The number of nitrogens with two attached hydrogens (primary N) is 1. The number of rotatable bonds is 7. The third-order valence-corrected chi connectivity index (χ3v) is 6.55. The van der Waals surface area contributed by atoms with Gasteiger partial charge in [0.1, 0.15) is 5.75 Å². The second-order valence-corrected chi connectivity index (χ2v) is 8.49. The number of hydrogen-bond donors (Lipinski definition) is 2. The highest BCUT2D eigenvalue weighted by Crippen LogP contribution is 2.34. The van der Waals surface area contributed by atoms with Crippen LogP contribution in [0.3, 0.4) is 0 Å². The Hall–Kier alpha value is -1.79. The van der Waals surface area contributed by atoms with E-state index in [0.717, 1.165) is 30.0 Å². The van der Waals surface area contributed by atoms with Gasteiger partial charge < -0.3 is 20.5 Å². The first-order valence-electron chi connectivity index (χ1n) is 10.8. The van der Waals surface area contributed by atoms with Crippen molar-refractivity contribution in [1.82, 2.24) is 15.1 Å². The average Bonchev–Trinajstić information content (AvgIpc) is 3.14. The topological polar surface area (TPSA) is 74.3 Å². The van der Waals surface area contributed by atoms with Gasteiger partial charge in [-0.1, -0.05) is 0 Å². The third kappa shape index (κ3) is 4.61. The van der Waals surface area contributed by atoms with Crippen molar-refractivity contribution in [2.45, 2.75) is 51.0 Å². The third-order valence-electron chi connectivity index (χ3n) is 6.55. The zero-order valence-electron chi connectivity index (χ0n) is 17.0. The van der Waals surface area contributed by atoms with E-state index in [0.29, 0.717) is 23.4 Å². The molecule has 0 unspecified atom stereocenters. The minimum atomic E-state index is 0.477. The van der Waals surface area contributed by atoms with Crippen LogP contribution < -0.4 is 15.8 Å². The van der Waals surface area contributed by atoms with E-state index in [1.807, 2.05) is 12.1 Å². The Bertz CT molecular complexity index is 761. The van der Waals surface area contributed by atoms with Crippen molar-refractivity contribution < 1.29 is 9.47 Å². The molecule has 0 radical (unpaired) electrons. The number of nitrogen functional groups attached to an aromatic ring is 1. The van der Waals surface area contributed by atoms with Crippen LogP contribution in [0.25, 0.3) is 10.9 Å². The van der Waals surface area contributed by atoms with Crippen molar-refractivity contribution >= 4 is 16.6 Å². The first-order valence-corrected chi connectivity index (χ1v) is 10.8. The number of benzene rings is 1. The van der Waals surface area contributed by atoms with Crippen LogP contribution in [0.15, 0.2) is 18.3 Å². The monoisotopic (exact) mass is 386 g/mol. The van der Waals surface area contributed by atoms with Gasteiger partial charge in [-0.15, -0.1) is 0 Å². The Morgan fingerprint density at radius 2 is 1.89 bits per heavy atom. The molecule has 6 nitrogen and oxygen atoms in total. The quantitative estimate of drug-likeness (QED) is 0.560. The van der Waals surface area contributed by atoms with Crippen molar-refractivity contribution in [1.29, 1.82) is 0 Å². The maximum atomic E-state index is 6.03. The summed E-state index contributed by atoms with van der Waals surface area (Å²) in [6.07, 6.45) is 10.8. The Morgan fingerprint density at radius 3 is 2.64 bits per heavy atom. The number of fused-ring (bicyclic) bond motifs is 1. The Labute approximate surface area is 167 Å². The molecule has 1 saturated carbocycles. The normalized spacial score (nSPS) is 23.9. The molecule has 0 amide bonds. The maximum Gasteiger partial charge on any atom is 0.144 e. The van der Waals surface area contributed by atoms with Gasteiger partial charge in [0.05, 0.1) is 24.4 Å². The molecule has 2 aromatic rings. The van der Waals surface area contributed by atoms with Gasteiger partial charge in [0.2, 0.25) is 0 Å². The van der Waals surface area contributed by atoms with E-state index in [1.54, 1.807) is 7.11 Å². The summed E-state index contributed by atoms with van der Waals surface area (Å²) in [5, 5.41) is 9.30. The van der Waals surface area contributed by atoms with E-state index in [9.17, 15) is 0 Å². The van der Waals surface area contributed by atoms with Crippen molar-refractivity contribution in [2.24, 2.45) is 11.8 Å². The molecule has 3 N–H and O–H groups in total. The molecule has 154 valence electrons. The van der Waals surface area contributed by atoms with Crippen LogP contribution in [0, 0.1) is 11.8 Å². The van der Waals surface area contributed by atoms with Gasteiger partial charge >= 0.3 is 0 Å². The van der Waals surface area contributed by atoms with Crippen LogP contribution >= 0.6 is 0 Å². The van der Waals surface area contributed by atoms with E-state index in [2.05, 4.69) is 16.2 Å². The number of nitrogens with zero attached hydrogens (tertiary/aromatic N) is 2. The Morgan fingerprint density at radius 1 is 1.11 bits per heavy atom. The summed E-state index contributed by atoms with van der Waals surface area (Å²) >= 11 is 0. The molecule has 0 bridgehead atoms. The van der Waals surface area contributed by atoms with E-state index in [-0.39, 0.29) is 0 Å². The number of piperidine rings is 1. The molecule has 1 aliphatic carbocycles. The zero-order chi connectivity index (χ0) is 19.3. The molecule has 2 heterocycles. The molecule has 4 rings (SSSR count). The summed E-state index contributed by atoms with van der Waals surface area (Å²) in [6, 6.07) is 4.37. The Balaban J connectivity index is 1.23. The lowest BCUT2D eigenvalue weighted by Gasteiger charge is -2.29. The van der Waals surface area contributed by atoms with Crippen LogP contribution in [0.5, 0.6) is 5.75 Å². The number of methoxy groups -OCH3 is 1. The van der Waals surface area contributed by atoms with Crippen LogP contribution in [0.4, 0.5) is 5.69 Å². The first-order chi connectivity index (χ1) is 13.7. The van der Waals surface area contributed by atoms with Crippen molar-refractivity contribution in [3.05, 3.63) is 18.3 Å². The van der Waals surface area contributed by atoms with Gasteiger partial charge in [-0.05, 0) is 75.9 Å². The largest absolute Gasteiger partial charge is 0.495 e. The van der Waals surface area contributed by atoms with E-state index in [1.165, 1.54) is 58.0 Å². The van der Waals surface area contributed by atoms with Gasteiger partial charge in [0.25, 0.3) is 0 Å². The molecule has 6 heteroatoms. The van der Waals surface area contributed by atoms with Gasteiger partial charge in [-0.25, -0.2) is 0 Å². The fraction of sp³-hybridized carbons (Fsp3) is 0.682. The second kappa shape index (κ2) is 9.14. The maximum absolute atomic E-state index is 6.03. The van der Waals surface area contributed by atoms with Gasteiger partial charge in [0.15, 0.2) is 0 Å². The molecule has 0 atom stereocenters. The molecule has 0 spiro atoms. The summed E-state index contributed by atoms with van der Waals surface area (Å²) < 4.78 is 13.5. The highest BCUT2D eigenvalue weighted by molar-refractivity contribution is 5.84. The van der Waals surface area contributed by atoms with Crippen LogP contribution in [0.2, 0.25) is 0 Å². The molecular formula is C22H34N4O2. The van der Waals surface area contributed by atoms with Crippen molar-refractivity contribution in [3.63, 3.8) is 0 Å². The van der Waals surface area contributed by atoms with Crippen LogP contribution in [-0.2, 0) is 4.74 Å². The van der Waals surface area contributed by atoms with Gasteiger partial charge in [-0.2, -0.15) is 5.10 Å². The summed E-state index contributed by atoms with van der Waals surface area (Å²) in [6.45, 7) is 4.21. The van der Waals surface area contributed by atoms with E-state index >= 15 is 0 Å². The molecule has 1 aromatic carbocycles. The number of nitrogens with one attached hydrogen (secondary N) is 1. The lowest BCUT2D eigenvalue weighted by atomic mass is 9.86. The van der Waals surface area contributed by atoms with E-state index in [4.69, 9.17) is 20.3 Å². The fourth-order valence-electron chi connectivity index (χ4n) is 4.70. The zero-order valence-corrected chi connectivity index (χ0v) is 17.0. The molecule has 1 saturated heterocycles. The lowest BCUT2D eigenvalue weighted by Crippen LogP contribution is -2.28. The predicted molar refractivity (Wildman–Crippen MR) is 113 cm³/mol. The number of ether oxygens (including phenoxy) is 2. The molecular weight excluding hydrogens is 352 g/mol. The molecule has 2 aliphatic rings. The van der Waals surface area contributed by atoms with E-state index < -0.39 is 0 Å². The summed E-state index contributed by atoms with van der Waals surface area (Å²) in [5.74, 6) is 2.26. The number of aromatic nitrogens is 2. The Kier molecular flexibility index (Phi) is 6.37. The molecule has 28 heavy (non-hydrogen) atoms. The minimum absolute atomic E-state index is 0.477. The van der Waals surface area contributed by atoms with Crippen molar-refractivity contribution in [3.8, 4) is 5.75 Å². The standard InChI is InChI=1S/C22H34N4O2/c1-27-22-13-21-18(12-20(22)23)14-26(25-21)19-4-2-17(3-5-19)15-28-11-8-16-6-9-24-10-7-16/h12-14,16-17,19,24H,2-11,15,23H2,1H3. The predicted octanol–water partition coefficient (Wildman–Crippen LogP) is 3.76. The summed E-state index contributed by atoms with van der Waals surface area (Å²) in [7, 11) is 1.64. The SMILES string of the molecule is COc1cc2nn(C3CCC(COCCC4CCNCC4)CC3)cc2cc1N. The first kappa shape index (κ1) is 19.5. The lowest BCUT2D eigenvalue weighted by molar-refractivity contribution is 0.0668. The number of anilines is 1. The van der Waals surface area contributed by atoms with Crippen LogP contribution in [0.1, 0.15) is 51.0 Å². The molecule has 1 aromatic heterocycles. The highest BCUT2D eigenvalue weighted by Gasteiger charge is 2.23. The molecule has 2 fully saturated rings. The average molecular weight is 387 g/mol. The van der Waals surface area contributed by atoms with Crippen LogP contribution in [-0.4, -0.2) is 43.2 Å². The fourth-order valence-corrected chi connectivity index (χ4v) is 4.70. The minimum Gasteiger partial charge on any atom is -0.495 e. The van der Waals surface area contributed by atoms with Crippen molar-refractivity contribution in [2.75, 3.05) is 39.1 Å². The number of hydrogen-bond acceptors (Lipinski definition) is 5.